The predicted molar refractivity (Wildman–Crippen MR) is 131 cm³/mol. The van der Waals surface area contributed by atoms with E-state index in [-0.39, 0.29) is 18.2 Å². The number of carbonyl (C=O) groups is 2. The molecule has 0 radical (unpaired) electrons. The van der Waals surface area contributed by atoms with Crippen molar-refractivity contribution < 1.29 is 9.59 Å². The molecule has 0 atom stereocenters. The van der Waals surface area contributed by atoms with Crippen LogP contribution in [0.2, 0.25) is 0 Å². The summed E-state index contributed by atoms with van der Waals surface area (Å²) in [6, 6.07) is 17.1. The molecule has 3 aromatic heterocycles. The molecule has 4 heterocycles. The molecule has 0 fully saturated rings. The minimum Gasteiger partial charge on any atom is -0.356 e. The summed E-state index contributed by atoms with van der Waals surface area (Å²) in [7, 11) is 1.81. The van der Waals surface area contributed by atoms with Gasteiger partial charge in [0.2, 0.25) is 5.91 Å². The van der Waals surface area contributed by atoms with Crippen molar-refractivity contribution in [3.05, 3.63) is 90.0 Å². The zero-order valence-electron chi connectivity index (χ0n) is 18.7. The summed E-state index contributed by atoms with van der Waals surface area (Å²) in [5.74, 6) is 0.233. The van der Waals surface area contributed by atoms with Crippen molar-refractivity contribution in [3.63, 3.8) is 0 Å². The van der Waals surface area contributed by atoms with Crippen LogP contribution >= 0.6 is 0 Å². The summed E-state index contributed by atoms with van der Waals surface area (Å²) in [6.07, 6.45) is 5.93. The second-order valence-corrected chi connectivity index (χ2v) is 8.21. The molecule has 3 N–H and O–H groups in total. The largest absolute Gasteiger partial charge is 0.356 e. The van der Waals surface area contributed by atoms with Crippen LogP contribution in [0, 0.1) is 0 Å². The first-order chi connectivity index (χ1) is 16.6. The van der Waals surface area contributed by atoms with Crippen LogP contribution in [0.4, 0.5) is 17.2 Å². The van der Waals surface area contributed by atoms with Gasteiger partial charge in [-0.25, -0.2) is 4.98 Å². The fourth-order valence-electron chi connectivity index (χ4n) is 4.08. The van der Waals surface area contributed by atoms with E-state index in [2.05, 4.69) is 25.6 Å². The molecule has 0 aliphatic carbocycles. The average Bonchev–Trinajstić information content (AvgIpc) is 3.22. The van der Waals surface area contributed by atoms with Crippen LogP contribution in [0.1, 0.15) is 21.6 Å². The number of anilines is 3. The topological polar surface area (TPSA) is 103 Å². The second-order valence-electron chi connectivity index (χ2n) is 8.21. The van der Waals surface area contributed by atoms with Crippen molar-refractivity contribution in [1.82, 2.24) is 19.9 Å². The third-order valence-electron chi connectivity index (χ3n) is 5.78. The predicted octanol–water partition coefficient (Wildman–Crippen LogP) is 4.02. The normalized spacial score (nSPS) is 12.9. The molecule has 8 heteroatoms. The van der Waals surface area contributed by atoms with E-state index < -0.39 is 0 Å². The fraction of sp³-hybridized carbons (Fsp3) is 0.154. The quantitative estimate of drug-likeness (QED) is 0.410. The first-order valence-corrected chi connectivity index (χ1v) is 11.1. The number of likely N-dealkylation sites (N-methyl/N-ethyl adjacent to an activating group) is 1. The number of nitrogens with zero attached hydrogens (tertiary/aromatic N) is 3. The van der Waals surface area contributed by atoms with Crippen molar-refractivity contribution in [2.45, 2.75) is 12.8 Å². The maximum Gasteiger partial charge on any atom is 0.257 e. The third-order valence-corrected chi connectivity index (χ3v) is 5.78. The molecule has 0 bridgehead atoms. The van der Waals surface area contributed by atoms with Crippen LogP contribution in [-0.4, -0.2) is 45.3 Å². The highest BCUT2D eigenvalue weighted by Crippen LogP contribution is 2.38. The number of hydrogen-bond donors (Lipinski definition) is 3. The van der Waals surface area contributed by atoms with E-state index >= 15 is 0 Å². The lowest BCUT2D eigenvalue weighted by molar-refractivity contribution is -0.115. The van der Waals surface area contributed by atoms with Gasteiger partial charge in [-0.3, -0.25) is 14.6 Å². The van der Waals surface area contributed by atoms with Crippen molar-refractivity contribution >= 4 is 29.0 Å². The molecular formula is C26H24N6O2. The van der Waals surface area contributed by atoms with Crippen LogP contribution in [0.15, 0.2) is 73.2 Å². The number of rotatable bonds is 6. The van der Waals surface area contributed by atoms with Gasteiger partial charge in [-0.15, -0.1) is 0 Å². The first-order valence-electron chi connectivity index (χ1n) is 11.1. The van der Waals surface area contributed by atoms with Crippen LogP contribution in [0.25, 0.3) is 11.3 Å². The number of nitrogens with one attached hydrogen (secondary N) is 3. The Morgan fingerprint density at radius 1 is 1.12 bits per heavy atom. The molecule has 2 amide bonds. The van der Waals surface area contributed by atoms with E-state index in [1.165, 1.54) is 0 Å². The fourth-order valence-corrected chi connectivity index (χ4v) is 4.08. The molecule has 8 nitrogen and oxygen atoms in total. The number of hydrogen-bond acceptors (Lipinski definition) is 5. The number of amides is 2. The Kier molecular flexibility index (Phi) is 5.78. The Hall–Kier alpha value is -4.46. The highest BCUT2D eigenvalue weighted by Gasteiger charge is 2.30. The Morgan fingerprint density at radius 2 is 1.97 bits per heavy atom. The lowest BCUT2D eigenvalue weighted by Crippen LogP contribution is -2.34. The van der Waals surface area contributed by atoms with Crippen molar-refractivity contribution in [1.29, 1.82) is 0 Å². The van der Waals surface area contributed by atoms with Crippen LogP contribution < -0.4 is 10.6 Å². The number of H-pyrrole nitrogens is 1. The monoisotopic (exact) mass is 452 g/mol. The van der Waals surface area contributed by atoms with E-state index in [1.807, 2.05) is 55.6 Å². The molecule has 1 aromatic carbocycles. The Morgan fingerprint density at radius 3 is 2.76 bits per heavy atom. The number of aromatic amines is 1. The van der Waals surface area contributed by atoms with E-state index in [4.69, 9.17) is 0 Å². The highest BCUT2D eigenvalue weighted by molar-refractivity contribution is 6.06. The van der Waals surface area contributed by atoms with Crippen LogP contribution in [0.5, 0.6) is 0 Å². The summed E-state index contributed by atoms with van der Waals surface area (Å²) < 4.78 is 0. The molecule has 1 aliphatic heterocycles. The zero-order valence-corrected chi connectivity index (χ0v) is 18.7. The van der Waals surface area contributed by atoms with Gasteiger partial charge < -0.3 is 20.5 Å². The van der Waals surface area contributed by atoms with Gasteiger partial charge in [-0.05, 0) is 35.9 Å². The summed E-state index contributed by atoms with van der Waals surface area (Å²) in [6.45, 7) is 0.655. The Labute approximate surface area is 197 Å². The van der Waals surface area contributed by atoms with E-state index in [0.29, 0.717) is 17.9 Å². The summed E-state index contributed by atoms with van der Waals surface area (Å²) >= 11 is 0. The summed E-state index contributed by atoms with van der Waals surface area (Å²) in [5, 5.41) is 6.29. The van der Waals surface area contributed by atoms with Crippen molar-refractivity contribution in [2.75, 3.05) is 24.2 Å². The molecule has 5 rings (SSSR count). The van der Waals surface area contributed by atoms with Gasteiger partial charge in [0.1, 0.15) is 5.82 Å². The van der Waals surface area contributed by atoms with Gasteiger partial charge in [0.25, 0.3) is 5.91 Å². The van der Waals surface area contributed by atoms with Crippen molar-refractivity contribution in [2.24, 2.45) is 0 Å². The minimum atomic E-state index is -0.178. The minimum absolute atomic E-state index is 0.0266. The van der Waals surface area contributed by atoms with Crippen molar-refractivity contribution in [3.8, 4) is 11.3 Å². The molecule has 0 saturated heterocycles. The van der Waals surface area contributed by atoms with Gasteiger partial charge in [0.05, 0.1) is 23.4 Å². The van der Waals surface area contributed by atoms with Gasteiger partial charge >= 0.3 is 0 Å². The molecule has 34 heavy (non-hydrogen) atoms. The van der Waals surface area contributed by atoms with Gasteiger partial charge in [0, 0.05) is 55.5 Å². The zero-order chi connectivity index (χ0) is 23.5. The van der Waals surface area contributed by atoms with Crippen LogP contribution in [0.3, 0.4) is 0 Å². The SMILES string of the molecule is CN1CCc2[nH]c(-c3ccnc(NC(=O)Cc4cccnc4)c3)c(Nc3ccccc3)c2C1=O. The number of fused-ring (bicyclic) bond motifs is 1. The Balaban J connectivity index is 1.48. The molecule has 170 valence electrons. The highest BCUT2D eigenvalue weighted by atomic mass is 16.2. The molecule has 4 aromatic rings. The molecular weight excluding hydrogens is 428 g/mol. The standard InChI is InChI=1S/C26H24N6O2/c1-32-13-10-20-23(26(32)34)25(29-19-7-3-2-4-8-19)24(30-20)18-9-12-28-21(15-18)31-22(33)14-17-6-5-11-27-16-17/h2-9,11-12,15-16,29-30H,10,13-14H2,1H3,(H,28,31,33). The summed E-state index contributed by atoms with van der Waals surface area (Å²) in [5.41, 5.74) is 5.56. The number of carbonyl (C=O) groups excluding carboxylic acids is 2. The Bertz CT molecular complexity index is 1330. The number of para-hydroxylation sites is 1. The molecule has 1 aliphatic rings. The van der Waals surface area contributed by atoms with Gasteiger partial charge in [-0.2, -0.15) is 0 Å². The molecule has 0 spiro atoms. The van der Waals surface area contributed by atoms with E-state index in [0.717, 1.165) is 40.3 Å². The van der Waals surface area contributed by atoms with E-state index in [9.17, 15) is 9.59 Å². The number of pyridine rings is 2. The second kappa shape index (κ2) is 9.19. The third kappa shape index (κ3) is 4.38. The van der Waals surface area contributed by atoms with Crippen LogP contribution in [-0.2, 0) is 17.6 Å². The number of benzene rings is 1. The van der Waals surface area contributed by atoms with E-state index in [1.54, 1.807) is 29.6 Å². The number of aromatic nitrogens is 3. The maximum atomic E-state index is 13.0. The smallest absolute Gasteiger partial charge is 0.257 e. The lowest BCUT2D eigenvalue weighted by Gasteiger charge is -2.23. The molecule has 0 saturated carbocycles. The molecule has 0 unspecified atom stereocenters. The summed E-state index contributed by atoms with van der Waals surface area (Å²) in [4.78, 5) is 39.1. The maximum absolute atomic E-state index is 13.0. The van der Waals surface area contributed by atoms with Gasteiger partial charge in [-0.1, -0.05) is 24.3 Å². The first kappa shape index (κ1) is 21.4. The lowest BCUT2D eigenvalue weighted by atomic mass is 10.0. The van der Waals surface area contributed by atoms with Gasteiger partial charge in [0.15, 0.2) is 0 Å². The average molecular weight is 453 g/mol.